The van der Waals surface area contributed by atoms with Gasteiger partial charge in [-0.25, -0.2) is 0 Å². The van der Waals surface area contributed by atoms with Crippen molar-refractivity contribution in [3.8, 4) is 0 Å². The highest BCUT2D eigenvalue weighted by atomic mass is 16.4. The maximum Gasteiger partial charge on any atom is 0.320 e. The number of unbranched alkanes of at least 4 members (excludes halogenated alkanes) is 2. The highest BCUT2D eigenvalue weighted by molar-refractivity contribution is 5.73. The van der Waals surface area contributed by atoms with Crippen molar-refractivity contribution in [2.45, 2.75) is 69.5 Å². The van der Waals surface area contributed by atoms with Crippen LogP contribution in [0, 0.1) is 0 Å². The van der Waals surface area contributed by atoms with Crippen molar-refractivity contribution >= 4 is 17.9 Å². The summed E-state index contributed by atoms with van der Waals surface area (Å²) in [7, 11) is 0. The molecule has 0 aliphatic rings. The van der Waals surface area contributed by atoms with Crippen LogP contribution in [-0.2, 0) is 14.4 Å². The summed E-state index contributed by atoms with van der Waals surface area (Å²) in [4.78, 5) is 32.2. The molecule has 0 spiro atoms. The van der Waals surface area contributed by atoms with E-state index in [0.29, 0.717) is 58.0 Å². The molecule has 28 heavy (non-hydrogen) atoms. The number of carboxylic acid groups (broad SMARTS) is 3. The monoisotopic (exact) mass is 402 g/mol. The van der Waals surface area contributed by atoms with E-state index in [9.17, 15) is 14.4 Å². The largest absolute Gasteiger partial charge is 0.480 e. The van der Waals surface area contributed by atoms with Crippen molar-refractivity contribution < 1.29 is 29.7 Å². The maximum absolute atomic E-state index is 10.9. The zero-order valence-electron chi connectivity index (χ0n) is 16.2. The summed E-state index contributed by atoms with van der Waals surface area (Å²) in [6.45, 7) is 1.24. The van der Waals surface area contributed by atoms with Crippen LogP contribution in [0.15, 0.2) is 11.6 Å². The Hall–Kier alpha value is -2.01. The van der Waals surface area contributed by atoms with E-state index in [1.54, 1.807) is 0 Å². The summed E-state index contributed by atoms with van der Waals surface area (Å²) in [6.07, 6.45) is 6.31. The van der Waals surface area contributed by atoms with Crippen LogP contribution in [0.3, 0.4) is 0 Å². The van der Waals surface area contributed by atoms with Crippen LogP contribution < -0.4 is 22.5 Å². The second kappa shape index (κ2) is 15.0. The summed E-state index contributed by atoms with van der Waals surface area (Å²) < 4.78 is 0. The highest BCUT2D eigenvalue weighted by Crippen LogP contribution is 2.10. The molecule has 0 saturated heterocycles. The SMILES string of the molecule is NC(CCC/C=C(\CCC(N)C(=O)O)CNCCCCC(N)C(=O)O)C(=O)O. The standard InChI is InChI=1S/C18H34N4O6/c19-13(16(23)24)6-2-1-5-12(8-9-15(21)18(27)28)11-22-10-4-3-7-14(20)17(25)26/h5,13-15,22H,1-4,6-11,19-21H2,(H,23,24)(H,25,26)(H,27,28)/b12-5+. The molecule has 0 radical (unpaired) electrons. The molecule has 10 N–H and O–H groups in total. The molecule has 0 bridgehead atoms. The number of allylic oxidation sites excluding steroid dienone is 1. The third-order valence-electron chi connectivity index (χ3n) is 4.35. The lowest BCUT2D eigenvalue weighted by atomic mass is 10.0. The number of hydrogen-bond acceptors (Lipinski definition) is 7. The number of aliphatic carboxylic acids is 3. The van der Waals surface area contributed by atoms with E-state index < -0.39 is 36.0 Å². The molecule has 0 aromatic rings. The lowest BCUT2D eigenvalue weighted by Crippen LogP contribution is -2.30. The Kier molecular flexibility index (Phi) is 13.9. The van der Waals surface area contributed by atoms with Gasteiger partial charge in [-0.15, -0.1) is 0 Å². The number of carboxylic acids is 3. The van der Waals surface area contributed by atoms with E-state index >= 15 is 0 Å². The molecule has 0 amide bonds. The van der Waals surface area contributed by atoms with Crippen molar-refractivity contribution in [1.29, 1.82) is 0 Å². The van der Waals surface area contributed by atoms with Crippen molar-refractivity contribution in [3.63, 3.8) is 0 Å². The normalized spacial score (nSPS) is 15.0. The van der Waals surface area contributed by atoms with Gasteiger partial charge in [0.1, 0.15) is 18.1 Å². The third-order valence-corrected chi connectivity index (χ3v) is 4.35. The van der Waals surface area contributed by atoms with Gasteiger partial charge in [0.05, 0.1) is 0 Å². The molecule has 0 saturated carbocycles. The predicted molar refractivity (Wildman–Crippen MR) is 105 cm³/mol. The fraction of sp³-hybridized carbons (Fsp3) is 0.722. The molecule has 10 nitrogen and oxygen atoms in total. The topological polar surface area (TPSA) is 202 Å². The van der Waals surface area contributed by atoms with Crippen molar-refractivity contribution in [1.82, 2.24) is 5.32 Å². The van der Waals surface area contributed by atoms with Crippen LogP contribution >= 0.6 is 0 Å². The van der Waals surface area contributed by atoms with E-state index in [-0.39, 0.29) is 0 Å². The van der Waals surface area contributed by atoms with Gasteiger partial charge in [-0.2, -0.15) is 0 Å². The van der Waals surface area contributed by atoms with E-state index in [2.05, 4.69) is 5.32 Å². The van der Waals surface area contributed by atoms with Gasteiger partial charge in [-0.1, -0.05) is 18.1 Å². The van der Waals surface area contributed by atoms with E-state index in [1.165, 1.54) is 0 Å². The van der Waals surface area contributed by atoms with Crippen molar-refractivity contribution in [3.05, 3.63) is 11.6 Å². The number of hydrogen-bond donors (Lipinski definition) is 7. The number of rotatable bonds is 17. The Morgan fingerprint density at radius 2 is 1.29 bits per heavy atom. The summed E-state index contributed by atoms with van der Waals surface area (Å²) in [5.41, 5.74) is 17.5. The van der Waals surface area contributed by atoms with Crippen LogP contribution in [0.5, 0.6) is 0 Å². The number of nitrogens with two attached hydrogens (primary N) is 3. The molecule has 162 valence electrons. The predicted octanol–water partition coefficient (Wildman–Crippen LogP) is -0.141. The maximum atomic E-state index is 10.9. The quantitative estimate of drug-likeness (QED) is 0.127. The van der Waals surface area contributed by atoms with Crippen molar-refractivity contribution in [2.24, 2.45) is 17.2 Å². The first-order chi connectivity index (χ1) is 13.1. The molecular weight excluding hydrogens is 368 g/mol. The average Bonchev–Trinajstić information content (AvgIpc) is 2.63. The molecule has 0 heterocycles. The Bertz CT molecular complexity index is 526. The fourth-order valence-corrected chi connectivity index (χ4v) is 2.48. The summed E-state index contributed by atoms with van der Waals surface area (Å²) in [5.74, 6) is -3.08. The molecule has 0 aromatic heterocycles. The van der Waals surface area contributed by atoms with Crippen LogP contribution in [0.4, 0.5) is 0 Å². The first-order valence-corrected chi connectivity index (χ1v) is 9.49. The molecule has 0 aromatic carbocycles. The highest BCUT2D eigenvalue weighted by Gasteiger charge is 2.13. The van der Waals surface area contributed by atoms with E-state index in [0.717, 1.165) is 12.0 Å². The van der Waals surface area contributed by atoms with Crippen LogP contribution in [0.2, 0.25) is 0 Å². The first kappa shape index (κ1) is 26.0. The first-order valence-electron chi connectivity index (χ1n) is 9.49. The van der Waals surface area contributed by atoms with Crippen molar-refractivity contribution in [2.75, 3.05) is 13.1 Å². The minimum atomic E-state index is -1.05. The molecule has 0 aliphatic heterocycles. The van der Waals surface area contributed by atoms with E-state index in [4.69, 9.17) is 32.5 Å². The molecule has 3 atom stereocenters. The number of nitrogens with one attached hydrogen (secondary N) is 1. The minimum absolute atomic E-state index is 0.310. The third kappa shape index (κ3) is 13.2. The molecule has 3 unspecified atom stereocenters. The van der Waals surface area contributed by atoms with Gasteiger partial charge >= 0.3 is 17.9 Å². The Morgan fingerprint density at radius 3 is 1.82 bits per heavy atom. The van der Waals surface area contributed by atoms with Gasteiger partial charge in [0.15, 0.2) is 0 Å². The molecular formula is C18H34N4O6. The molecule has 0 aliphatic carbocycles. The van der Waals surface area contributed by atoms with Gasteiger partial charge in [0.2, 0.25) is 0 Å². The molecule has 0 fully saturated rings. The lowest BCUT2D eigenvalue weighted by molar-refractivity contribution is -0.139. The summed E-state index contributed by atoms with van der Waals surface area (Å²) >= 11 is 0. The minimum Gasteiger partial charge on any atom is -0.480 e. The van der Waals surface area contributed by atoms with Gasteiger partial charge < -0.3 is 37.8 Å². The fourth-order valence-electron chi connectivity index (χ4n) is 2.48. The molecule has 10 heteroatoms. The van der Waals surface area contributed by atoms with E-state index in [1.807, 2.05) is 6.08 Å². The smallest absolute Gasteiger partial charge is 0.320 e. The van der Waals surface area contributed by atoms with Gasteiger partial charge in [0, 0.05) is 6.54 Å². The second-order valence-corrected chi connectivity index (χ2v) is 6.84. The Morgan fingerprint density at radius 1 is 0.786 bits per heavy atom. The van der Waals surface area contributed by atoms with Crippen LogP contribution in [0.1, 0.15) is 51.4 Å². The number of carbonyl (C=O) groups is 3. The zero-order valence-corrected chi connectivity index (χ0v) is 16.2. The van der Waals surface area contributed by atoms with Crippen LogP contribution in [0.25, 0.3) is 0 Å². The molecule has 0 rings (SSSR count). The Balaban J connectivity index is 4.32. The second-order valence-electron chi connectivity index (χ2n) is 6.84. The summed E-state index contributed by atoms with van der Waals surface area (Å²) in [5, 5.41) is 29.6. The summed E-state index contributed by atoms with van der Waals surface area (Å²) in [6, 6.07) is -2.65. The van der Waals surface area contributed by atoms with Gasteiger partial charge in [-0.3, -0.25) is 14.4 Å². The Labute approximate surface area is 165 Å². The van der Waals surface area contributed by atoms with Gasteiger partial charge in [-0.05, 0) is 51.5 Å². The zero-order chi connectivity index (χ0) is 21.5. The average molecular weight is 402 g/mol. The van der Waals surface area contributed by atoms with Crippen LogP contribution in [-0.4, -0.2) is 64.4 Å². The van der Waals surface area contributed by atoms with Gasteiger partial charge in [0.25, 0.3) is 0 Å². The lowest BCUT2D eigenvalue weighted by Gasteiger charge is -2.12.